The molecule has 1 rings (SSSR count). The summed E-state index contributed by atoms with van der Waals surface area (Å²) in [5.74, 6) is 0.439. The zero-order valence-electron chi connectivity index (χ0n) is 13.2. The van der Waals surface area contributed by atoms with Crippen LogP contribution in [0, 0.1) is 5.92 Å². The third kappa shape index (κ3) is 4.63. The Morgan fingerprint density at radius 1 is 1.11 bits per heavy atom. The molecule has 108 valence electrons. The van der Waals surface area contributed by atoms with Crippen molar-refractivity contribution >= 4 is 0 Å². The lowest BCUT2D eigenvalue weighted by atomic mass is 9.86. The number of ether oxygens (including phenoxy) is 1. The fourth-order valence-electron chi connectivity index (χ4n) is 2.47. The zero-order chi connectivity index (χ0) is 14.6. The molecule has 1 aromatic carbocycles. The molecule has 0 aliphatic heterocycles. The normalized spacial score (nSPS) is 15.6. The number of hydrogen-bond acceptors (Lipinski definition) is 2. The van der Waals surface area contributed by atoms with E-state index in [4.69, 9.17) is 10.5 Å². The first kappa shape index (κ1) is 16.2. The van der Waals surface area contributed by atoms with Gasteiger partial charge in [-0.1, -0.05) is 58.9 Å². The Labute approximate surface area is 118 Å². The van der Waals surface area contributed by atoms with Crippen LogP contribution in [0.1, 0.15) is 45.7 Å². The van der Waals surface area contributed by atoms with E-state index in [2.05, 4.69) is 58.9 Å². The summed E-state index contributed by atoms with van der Waals surface area (Å²) in [6, 6.07) is 8.84. The van der Waals surface area contributed by atoms with E-state index in [-0.39, 0.29) is 17.6 Å². The van der Waals surface area contributed by atoms with E-state index < -0.39 is 0 Å². The molecule has 2 atom stereocenters. The lowest BCUT2D eigenvalue weighted by molar-refractivity contribution is 0.0441. The maximum atomic E-state index is 6.26. The van der Waals surface area contributed by atoms with Crippen LogP contribution < -0.4 is 5.73 Å². The third-order valence-electron chi connectivity index (χ3n) is 3.64. The van der Waals surface area contributed by atoms with Gasteiger partial charge in [-0.25, -0.2) is 0 Å². The second kappa shape index (κ2) is 6.53. The minimum Gasteiger partial charge on any atom is -0.380 e. The molecule has 2 nitrogen and oxygen atoms in total. The van der Waals surface area contributed by atoms with E-state index in [1.165, 1.54) is 11.1 Å². The number of hydrogen-bond donors (Lipinski definition) is 1. The van der Waals surface area contributed by atoms with Gasteiger partial charge in [0, 0.05) is 13.2 Å². The first-order valence-corrected chi connectivity index (χ1v) is 7.13. The summed E-state index contributed by atoms with van der Waals surface area (Å²) in [6.45, 7) is 11.0. The first-order valence-electron chi connectivity index (χ1n) is 7.13. The average molecular weight is 263 g/mol. The highest BCUT2D eigenvalue weighted by Gasteiger charge is 2.21. The van der Waals surface area contributed by atoms with Gasteiger partial charge >= 0.3 is 0 Å². The topological polar surface area (TPSA) is 35.2 Å². The van der Waals surface area contributed by atoms with Gasteiger partial charge in [0.2, 0.25) is 0 Å². The fourth-order valence-corrected chi connectivity index (χ4v) is 2.47. The lowest BCUT2D eigenvalue weighted by Crippen LogP contribution is -2.41. The van der Waals surface area contributed by atoms with E-state index in [1.807, 2.05) is 0 Å². The molecule has 0 heterocycles. The van der Waals surface area contributed by atoms with Crippen molar-refractivity contribution in [3.8, 4) is 0 Å². The van der Waals surface area contributed by atoms with Crippen LogP contribution >= 0.6 is 0 Å². The standard InChI is InChI=1S/C17H29NO/c1-12(2)16(19-6)15(18)11-13-7-9-14(10-8-13)17(3,4)5/h7-10,12,15-16H,11,18H2,1-6H3. The van der Waals surface area contributed by atoms with E-state index in [0.29, 0.717) is 5.92 Å². The van der Waals surface area contributed by atoms with Crippen molar-refractivity contribution in [3.63, 3.8) is 0 Å². The molecular formula is C17H29NO. The SMILES string of the molecule is COC(C(C)C)C(N)Cc1ccc(C(C)(C)C)cc1. The van der Waals surface area contributed by atoms with E-state index in [9.17, 15) is 0 Å². The molecule has 0 radical (unpaired) electrons. The van der Waals surface area contributed by atoms with Crippen LogP contribution in [0.2, 0.25) is 0 Å². The Morgan fingerprint density at radius 3 is 2.00 bits per heavy atom. The highest BCUT2D eigenvalue weighted by molar-refractivity contribution is 5.28. The minimum absolute atomic E-state index is 0.0467. The number of methoxy groups -OCH3 is 1. The predicted molar refractivity (Wildman–Crippen MR) is 82.5 cm³/mol. The Balaban J connectivity index is 2.73. The van der Waals surface area contributed by atoms with Crippen LogP contribution in [0.4, 0.5) is 0 Å². The van der Waals surface area contributed by atoms with Gasteiger partial charge in [-0.3, -0.25) is 0 Å². The Hall–Kier alpha value is -0.860. The van der Waals surface area contributed by atoms with Gasteiger partial charge in [0.1, 0.15) is 0 Å². The summed E-state index contributed by atoms with van der Waals surface area (Å²) >= 11 is 0. The van der Waals surface area contributed by atoms with Crippen LogP contribution in [0.25, 0.3) is 0 Å². The second-order valence-corrected chi connectivity index (χ2v) is 6.76. The summed E-state index contributed by atoms with van der Waals surface area (Å²) in [5.41, 5.74) is 9.10. The maximum absolute atomic E-state index is 6.26. The van der Waals surface area contributed by atoms with Crippen molar-refractivity contribution in [2.75, 3.05) is 7.11 Å². The van der Waals surface area contributed by atoms with Gasteiger partial charge in [-0.2, -0.15) is 0 Å². The summed E-state index contributed by atoms with van der Waals surface area (Å²) in [4.78, 5) is 0. The molecule has 0 fully saturated rings. The monoisotopic (exact) mass is 263 g/mol. The molecule has 0 aliphatic rings. The molecule has 0 aromatic heterocycles. The van der Waals surface area contributed by atoms with Crippen molar-refractivity contribution < 1.29 is 4.74 Å². The summed E-state index contributed by atoms with van der Waals surface area (Å²) in [7, 11) is 1.74. The molecule has 19 heavy (non-hydrogen) atoms. The second-order valence-electron chi connectivity index (χ2n) is 6.76. The smallest absolute Gasteiger partial charge is 0.0748 e. The van der Waals surface area contributed by atoms with Crippen molar-refractivity contribution in [1.29, 1.82) is 0 Å². The van der Waals surface area contributed by atoms with Crippen LogP contribution in [-0.4, -0.2) is 19.3 Å². The molecular weight excluding hydrogens is 234 g/mol. The molecule has 2 unspecified atom stereocenters. The van der Waals surface area contributed by atoms with Crippen molar-refractivity contribution in [3.05, 3.63) is 35.4 Å². The molecule has 0 bridgehead atoms. The highest BCUT2D eigenvalue weighted by atomic mass is 16.5. The molecule has 0 amide bonds. The first-order chi connectivity index (χ1) is 8.75. The summed E-state index contributed by atoms with van der Waals surface area (Å²) in [6.07, 6.45) is 0.975. The lowest BCUT2D eigenvalue weighted by Gasteiger charge is -2.26. The van der Waals surface area contributed by atoms with Crippen LogP contribution in [0.3, 0.4) is 0 Å². The largest absolute Gasteiger partial charge is 0.380 e. The van der Waals surface area contributed by atoms with E-state index >= 15 is 0 Å². The molecule has 1 aromatic rings. The van der Waals surface area contributed by atoms with Crippen LogP contribution in [0.5, 0.6) is 0 Å². The van der Waals surface area contributed by atoms with Crippen LogP contribution in [-0.2, 0) is 16.6 Å². The van der Waals surface area contributed by atoms with Gasteiger partial charge in [0.25, 0.3) is 0 Å². The van der Waals surface area contributed by atoms with Crippen molar-refractivity contribution in [2.24, 2.45) is 11.7 Å². The minimum atomic E-state index is 0.0467. The van der Waals surface area contributed by atoms with Gasteiger partial charge in [0.15, 0.2) is 0 Å². The molecule has 0 saturated heterocycles. The molecule has 0 spiro atoms. The number of rotatable bonds is 5. The number of benzene rings is 1. The summed E-state index contributed by atoms with van der Waals surface area (Å²) in [5, 5.41) is 0. The van der Waals surface area contributed by atoms with Gasteiger partial charge in [0.05, 0.1) is 6.10 Å². The van der Waals surface area contributed by atoms with Gasteiger partial charge in [-0.15, -0.1) is 0 Å². The Kier molecular flexibility index (Phi) is 5.57. The zero-order valence-corrected chi connectivity index (χ0v) is 13.2. The fraction of sp³-hybridized carbons (Fsp3) is 0.647. The molecule has 2 heteroatoms. The van der Waals surface area contributed by atoms with E-state index in [1.54, 1.807) is 7.11 Å². The molecule has 0 aliphatic carbocycles. The third-order valence-corrected chi connectivity index (χ3v) is 3.64. The van der Waals surface area contributed by atoms with Crippen molar-refractivity contribution in [2.45, 2.75) is 58.6 Å². The van der Waals surface area contributed by atoms with E-state index in [0.717, 1.165) is 6.42 Å². The molecule has 0 saturated carbocycles. The quantitative estimate of drug-likeness (QED) is 0.882. The van der Waals surface area contributed by atoms with Crippen molar-refractivity contribution in [1.82, 2.24) is 0 Å². The predicted octanol–water partition coefficient (Wildman–Crippen LogP) is 3.52. The highest BCUT2D eigenvalue weighted by Crippen LogP contribution is 2.23. The Morgan fingerprint density at radius 2 is 1.63 bits per heavy atom. The van der Waals surface area contributed by atoms with Gasteiger partial charge < -0.3 is 10.5 Å². The Bertz CT molecular complexity index is 375. The van der Waals surface area contributed by atoms with Gasteiger partial charge in [-0.05, 0) is 28.9 Å². The average Bonchev–Trinajstić information content (AvgIpc) is 2.28. The van der Waals surface area contributed by atoms with Crippen LogP contribution in [0.15, 0.2) is 24.3 Å². The molecule has 2 N–H and O–H groups in total. The maximum Gasteiger partial charge on any atom is 0.0748 e. The number of nitrogens with two attached hydrogens (primary N) is 1. The summed E-state index contributed by atoms with van der Waals surface area (Å²) < 4.78 is 5.50.